The fraction of sp³-hybridized carbons (Fsp3) is 0.133. The number of anilines is 1. The summed E-state index contributed by atoms with van der Waals surface area (Å²) in [6, 6.07) is 10.3. The minimum Gasteiger partial charge on any atom is -0.506 e. The van der Waals surface area contributed by atoms with Crippen molar-refractivity contribution in [1.82, 2.24) is 0 Å². The van der Waals surface area contributed by atoms with Crippen molar-refractivity contribution in [2.75, 3.05) is 11.6 Å². The quantitative estimate of drug-likeness (QED) is 0.655. The van der Waals surface area contributed by atoms with Crippen molar-refractivity contribution in [1.29, 1.82) is 0 Å². The molecule has 0 aliphatic rings. The van der Waals surface area contributed by atoms with Gasteiger partial charge in [0.25, 0.3) is 5.91 Å². The summed E-state index contributed by atoms with van der Waals surface area (Å²) < 4.78 is 0. The predicted molar refractivity (Wildman–Crippen MR) is 84.0 cm³/mol. The first kappa shape index (κ1) is 14.8. The third-order valence-corrected chi connectivity index (χ3v) is 3.87. The zero-order valence-corrected chi connectivity index (χ0v) is 12.7. The Hall–Kier alpha value is -1.65. The highest BCUT2D eigenvalue weighted by atomic mass is 35.5. The van der Waals surface area contributed by atoms with Crippen LogP contribution in [0.3, 0.4) is 0 Å². The van der Waals surface area contributed by atoms with E-state index in [1.165, 1.54) is 11.8 Å². The van der Waals surface area contributed by atoms with Crippen molar-refractivity contribution in [3.8, 4) is 5.75 Å². The van der Waals surface area contributed by atoms with E-state index >= 15 is 0 Å². The van der Waals surface area contributed by atoms with Crippen LogP contribution in [0.15, 0.2) is 41.3 Å². The van der Waals surface area contributed by atoms with E-state index in [1.54, 1.807) is 24.3 Å². The number of aromatic hydroxyl groups is 1. The standard InChI is InChI=1S/C15H14ClNO2S/c1-9-3-6-13(14(18)7-9)17-15(19)11-8-10(20-2)4-5-12(11)16/h3-8,18H,1-2H3,(H,17,19). The average molecular weight is 308 g/mol. The number of amides is 1. The van der Waals surface area contributed by atoms with Crippen molar-refractivity contribution in [3.05, 3.63) is 52.5 Å². The normalized spacial score (nSPS) is 10.3. The van der Waals surface area contributed by atoms with Gasteiger partial charge in [-0.05, 0) is 49.1 Å². The van der Waals surface area contributed by atoms with Crippen molar-refractivity contribution >= 4 is 35.0 Å². The van der Waals surface area contributed by atoms with Gasteiger partial charge in [-0.1, -0.05) is 17.7 Å². The van der Waals surface area contributed by atoms with Crippen molar-refractivity contribution in [3.63, 3.8) is 0 Å². The SMILES string of the molecule is CSc1ccc(Cl)c(C(=O)Nc2ccc(C)cc2O)c1. The van der Waals surface area contributed by atoms with Gasteiger partial charge < -0.3 is 10.4 Å². The summed E-state index contributed by atoms with van der Waals surface area (Å²) >= 11 is 7.58. The van der Waals surface area contributed by atoms with Crippen LogP contribution >= 0.6 is 23.4 Å². The number of hydrogen-bond donors (Lipinski definition) is 2. The number of benzene rings is 2. The van der Waals surface area contributed by atoms with Gasteiger partial charge >= 0.3 is 0 Å². The Bertz CT molecular complexity index is 658. The lowest BCUT2D eigenvalue weighted by atomic mass is 10.2. The Morgan fingerprint density at radius 3 is 2.65 bits per heavy atom. The smallest absolute Gasteiger partial charge is 0.257 e. The number of rotatable bonds is 3. The number of hydrogen-bond acceptors (Lipinski definition) is 3. The van der Waals surface area contributed by atoms with Gasteiger partial charge in [0.2, 0.25) is 0 Å². The molecule has 1 amide bonds. The maximum Gasteiger partial charge on any atom is 0.257 e. The molecule has 0 saturated heterocycles. The predicted octanol–water partition coefficient (Wildman–Crippen LogP) is 4.33. The molecule has 2 aromatic rings. The largest absolute Gasteiger partial charge is 0.506 e. The topological polar surface area (TPSA) is 49.3 Å². The van der Waals surface area contributed by atoms with Crippen molar-refractivity contribution in [2.45, 2.75) is 11.8 Å². The van der Waals surface area contributed by atoms with E-state index < -0.39 is 0 Å². The minimum absolute atomic E-state index is 0.0375. The molecule has 0 spiro atoms. The van der Waals surface area contributed by atoms with E-state index in [0.29, 0.717) is 16.3 Å². The molecule has 0 unspecified atom stereocenters. The molecule has 20 heavy (non-hydrogen) atoms. The molecule has 0 radical (unpaired) electrons. The first-order chi connectivity index (χ1) is 9.51. The second-order valence-corrected chi connectivity index (χ2v) is 5.61. The Kier molecular flexibility index (Phi) is 4.57. The summed E-state index contributed by atoms with van der Waals surface area (Å²) in [7, 11) is 0. The number of halogens is 1. The summed E-state index contributed by atoms with van der Waals surface area (Å²) in [5.74, 6) is -0.305. The number of nitrogens with one attached hydrogen (secondary N) is 1. The van der Waals surface area contributed by atoms with Gasteiger partial charge in [0.15, 0.2) is 0 Å². The molecule has 5 heteroatoms. The Labute approximate surface area is 127 Å². The summed E-state index contributed by atoms with van der Waals surface area (Å²) in [6.45, 7) is 1.87. The van der Waals surface area contributed by atoms with Gasteiger partial charge in [0.05, 0.1) is 16.3 Å². The molecule has 0 fully saturated rings. The summed E-state index contributed by atoms with van der Waals surface area (Å²) in [4.78, 5) is 13.2. The van der Waals surface area contributed by atoms with Gasteiger partial charge in [0, 0.05) is 4.90 Å². The van der Waals surface area contributed by atoms with Crippen LogP contribution in [0.4, 0.5) is 5.69 Å². The van der Waals surface area contributed by atoms with Crippen LogP contribution in [0.5, 0.6) is 5.75 Å². The van der Waals surface area contributed by atoms with E-state index in [-0.39, 0.29) is 11.7 Å². The lowest BCUT2D eigenvalue weighted by molar-refractivity contribution is 0.102. The molecule has 2 rings (SSSR count). The van der Waals surface area contributed by atoms with Crippen LogP contribution in [0, 0.1) is 6.92 Å². The third-order valence-electron chi connectivity index (χ3n) is 2.82. The number of phenolic OH excluding ortho intramolecular Hbond substituents is 1. The summed E-state index contributed by atoms with van der Waals surface area (Å²) in [5.41, 5.74) is 1.67. The maximum absolute atomic E-state index is 12.2. The van der Waals surface area contributed by atoms with Gasteiger partial charge in [-0.15, -0.1) is 11.8 Å². The third kappa shape index (κ3) is 3.26. The molecule has 2 N–H and O–H groups in total. The van der Waals surface area contributed by atoms with Gasteiger partial charge in [-0.2, -0.15) is 0 Å². The molecular weight excluding hydrogens is 294 g/mol. The molecule has 0 aromatic heterocycles. The molecule has 0 aliphatic heterocycles. The lowest BCUT2D eigenvalue weighted by Crippen LogP contribution is -2.12. The van der Waals surface area contributed by atoms with E-state index in [0.717, 1.165) is 10.5 Å². The monoisotopic (exact) mass is 307 g/mol. The minimum atomic E-state index is -0.343. The number of aryl methyl sites for hydroxylation is 1. The van der Waals surface area contributed by atoms with Crippen LogP contribution in [0.2, 0.25) is 5.02 Å². The highest BCUT2D eigenvalue weighted by Crippen LogP contribution is 2.27. The average Bonchev–Trinajstić information content (AvgIpc) is 2.42. The number of phenols is 1. The number of carbonyl (C=O) groups is 1. The highest BCUT2D eigenvalue weighted by Gasteiger charge is 2.13. The Balaban J connectivity index is 2.28. The molecule has 0 heterocycles. The van der Waals surface area contributed by atoms with E-state index in [9.17, 15) is 9.90 Å². The van der Waals surface area contributed by atoms with Crippen LogP contribution in [0.25, 0.3) is 0 Å². The Morgan fingerprint density at radius 2 is 2.00 bits per heavy atom. The molecule has 0 aliphatic carbocycles. The summed E-state index contributed by atoms with van der Waals surface area (Å²) in [6.07, 6.45) is 1.93. The number of carbonyl (C=O) groups excluding carboxylic acids is 1. The highest BCUT2D eigenvalue weighted by molar-refractivity contribution is 7.98. The lowest BCUT2D eigenvalue weighted by Gasteiger charge is -2.10. The van der Waals surface area contributed by atoms with Crippen LogP contribution in [-0.4, -0.2) is 17.3 Å². The van der Waals surface area contributed by atoms with E-state index in [2.05, 4.69) is 5.32 Å². The molecule has 0 bridgehead atoms. The Morgan fingerprint density at radius 1 is 1.25 bits per heavy atom. The van der Waals surface area contributed by atoms with Crippen LogP contribution in [0.1, 0.15) is 15.9 Å². The first-order valence-corrected chi connectivity index (χ1v) is 7.56. The van der Waals surface area contributed by atoms with Crippen LogP contribution in [-0.2, 0) is 0 Å². The molecule has 104 valence electrons. The van der Waals surface area contributed by atoms with Crippen molar-refractivity contribution < 1.29 is 9.90 Å². The summed E-state index contributed by atoms with van der Waals surface area (Å²) in [5, 5.41) is 12.8. The van der Waals surface area contributed by atoms with Gasteiger partial charge in [-0.25, -0.2) is 0 Å². The second kappa shape index (κ2) is 6.20. The molecule has 0 atom stereocenters. The van der Waals surface area contributed by atoms with E-state index in [4.69, 9.17) is 11.6 Å². The van der Waals surface area contributed by atoms with Crippen LogP contribution < -0.4 is 5.32 Å². The first-order valence-electron chi connectivity index (χ1n) is 5.96. The fourth-order valence-corrected chi connectivity index (χ4v) is 2.39. The molecule has 3 nitrogen and oxygen atoms in total. The molecule has 0 saturated carbocycles. The van der Waals surface area contributed by atoms with Gasteiger partial charge in [-0.3, -0.25) is 4.79 Å². The maximum atomic E-state index is 12.2. The van der Waals surface area contributed by atoms with Gasteiger partial charge in [0.1, 0.15) is 5.75 Å². The fourth-order valence-electron chi connectivity index (χ4n) is 1.74. The van der Waals surface area contributed by atoms with Crippen molar-refractivity contribution in [2.24, 2.45) is 0 Å². The van der Waals surface area contributed by atoms with E-state index in [1.807, 2.05) is 25.3 Å². The molecule has 2 aromatic carbocycles. The molecular formula is C15H14ClNO2S. The zero-order chi connectivity index (χ0) is 14.7. The number of thioether (sulfide) groups is 1. The zero-order valence-electron chi connectivity index (χ0n) is 11.1. The second-order valence-electron chi connectivity index (χ2n) is 4.32.